The third kappa shape index (κ3) is 7.44. The Bertz CT molecular complexity index is 1150. The van der Waals surface area contributed by atoms with Crippen LogP contribution in [0.2, 0.25) is 0 Å². The number of anilines is 1. The van der Waals surface area contributed by atoms with Gasteiger partial charge in [-0.3, -0.25) is 0 Å². The van der Waals surface area contributed by atoms with Gasteiger partial charge in [0.25, 0.3) is 0 Å². The van der Waals surface area contributed by atoms with Crippen molar-refractivity contribution in [2.45, 2.75) is 57.9 Å². The molecule has 1 saturated carbocycles. The van der Waals surface area contributed by atoms with Crippen molar-refractivity contribution in [1.82, 2.24) is 0 Å². The van der Waals surface area contributed by atoms with Gasteiger partial charge in [0, 0.05) is 12.1 Å². The number of thiazole rings is 1. The first-order valence-electron chi connectivity index (χ1n) is 14.5. The Balaban J connectivity index is 1.13. The van der Waals surface area contributed by atoms with Crippen molar-refractivity contribution >= 4 is 16.5 Å². The summed E-state index contributed by atoms with van der Waals surface area (Å²) in [7, 11) is 0. The maximum absolute atomic E-state index is 11.3. The molecule has 0 amide bonds. The molecule has 0 radical (unpaired) electrons. The molecule has 0 unspecified atom stereocenters. The van der Waals surface area contributed by atoms with Gasteiger partial charge in [0.15, 0.2) is 5.69 Å². The average Bonchev–Trinajstić information content (AvgIpc) is 3.61. The molecule has 8 heteroatoms. The van der Waals surface area contributed by atoms with E-state index in [1.165, 1.54) is 35.3 Å². The van der Waals surface area contributed by atoms with Crippen LogP contribution in [0.3, 0.4) is 0 Å². The van der Waals surface area contributed by atoms with Gasteiger partial charge in [-0.2, -0.15) is 0 Å². The van der Waals surface area contributed by atoms with E-state index >= 15 is 0 Å². The minimum absolute atomic E-state index is 0.551. The molecule has 7 nitrogen and oxygen atoms in total. The van der Waals surface area contributed by atoms with Crippen molar-refractivity contribution < 1.29 is 24.1 Å². The Kier molecular flexibility index (Phi) is 9.97. The first-order chi connectivity index (χ1) is 19.2. The number of morpholine rings is 1. The summed E-state index contributed by atoms with van der Waals surface area (Å²) in [6.45, 7) is 4.95. The highest BCUT2D eigenvalue weighted by atomic mass is 32.1. The molecule has 0 bridgehead atoms. The second-order valence-electron chi connectivity index (χ2n) is 10.6. The third-order valence-corrected chi connectivity index (χ3v) is 8.94. The fourth-order valence-corrected chi connectivity index (χ4v) is 6.79. The number of nitrogens with zero attached hydrogens (tertiary/aromatic N) is 2. The second kappa shape index (κ2) is 14.0. The van der Waals surface area contributed by atoms with E-state index in [0.29, 0.717) is 38.9 Å². The number of hydrogen-bond donors (Lipinski definition) is 2. The van der Waals surface area contributed by atoms with Crippen LogP contribution in [0.4, 0.5) is 5.13 Å². The lowest BCUT2D eigenvalue weighted by molar-refractivity contribution is -0.883. The van der Waals surface area contributed by atoms with E-state index in [0.717, 1.165) is 72.2 Å². The van der Waals surface area contributed by atoms with Crippen LogP contribution in [0.1, 0.15) is 55.4 Å². The van der Waals surface area contributed by atoms with Gasteiger partial charge in [0.1, 0.15) is 24.6 Å². The number of unbranched alkanes of at least 4 members (excludes halogenated alkanes) is 2. The lowest BCUT2D eigenvalue weighted by Gasteiger charge is -2.20. The molecule has 2 aromatic carbocycles. The fourth-order valence-electron chi connectivity index (χ4n) is 5.46. The SMILES string of the molecule is NCc1ccc(OCCCCCOc2ccc(-c3c(CC4CCCC4)sc(N4CCOCC4)[n+]3O)cc2)cc1. The van der Waals surface area contributed by atoms with Crippen LogP contribution in [0.5, 0.6) is 11.5 Å². The number of ether oxygens (including phenoxy) is 3. The average molecular weight is 553 g/mol. The van der Waals surface area contributed by atoms with E-state index in [1.54, 1.807) is 11.3 Å². The molecule has 1 aliphatic carbocycles. The smallest absolute Gasteiger partial charge is 0.376 e. The molecule has 2 aliphatic rings. The van der Waals surface area contributed by atoms with Crippen molar-refractivity contribution in [3.8, 4) is 22.8 Å². The maximum atomic E-state index is 11.3. The Labute approximate surface area is 236 Å². The molecule has 0 atom stereocenters. The lowest BCUT2D eigenvalue weighted by Crippen LogP contribution is -2.44. The Morgan fingerprint density at radius 2 is 1.51 bits per heavy atom. The molecule has 39 heavy (non-hydrogen) atoms. The topological polar surface area (TPSA) is 81.1 Å². The zero-order valence-corrected chi connectivity index (χ0v) is 23.7. The van der Waals surface area contributed by atoms with Gasteiger partial charge in [0.05, 0.1) is 31.3 Å². The van der Waals surface area contributed by atoms with Crippen molar-refractivity contribution in [2.24, 2.45) is 11.7 Å². The van der Waals surface area contributed by atoms with Crippen molar-refractivity contribution in [3.05, 3.63) is 59.0 Å². The summed E-state index contributed by atoms with van der Waals surface area (Å²) >= 11 is 1.74. The molecule has 3 N–H and O–H groups in total. The summed E-state index contributed by atoms with van der Waals surface area (Å²) in [6, 6.07) is 16.2. The van der Waals surface area contributed by atoms with Crippen LogP contribution in [-0.4, -0.2) is 44.7 Å². The van der Waals surface area contributed by atoms with Gasteiger partial charge in [-0.05, 0) is 89.6 Å². The molecule has 5 rings (SSSR count). The van der Waals surface area contributed by atoms with Crippen LogP contribution < -0.4 is 24.8 Å². The van der Waals surface area contributed by atoms with E-state index in [2.05, 4.69) is 17.0 Å². The number of hydrogen-bond acceptors (Lipinski definition) is 7. The minimum atomic E-state index is 0.551. The molecule has 210 valence electrons. The summed E-state index contributed by atoms with van der Waals surface area (Å²) < 4.78 is 18.8. The first-order valence-corrected chi connectivity index (χ1v) is 15.3. The first kappa shape index (κ1) is 27.7. The van der Waals surface area contributed by atoms with Gasteiger partial charge >= 0.3 is 5.13 Å². The molecule has 0 spiro atoms. The molecular weight excluding hydrogens is 510 g/mol. The summed E-state index contributed by atoms with van der Waals surface area (Å²) in [5.41, 5.74) is 8.71. The van der Waals surface area contributed by atoms with Crippen LogP contribution in [0, 0.1) is 5.92 Å². The molecule has 3 aromatic rings. The van der Waals surface area contributed by atoms with Gasteiger partial charge < -0.3 is 25.2 Å². The molecular formula is C31H42N3O4S+. The predicted octanol–water partition coefficient (Wildman–Crippen LogP) is 5.60. The zero-order valence-electron chi connectivity index (χ0n) is 22.9. The van der Waals surface area contributed by atoms with Gasteiger partial charge in [-0.15, -0.1) is 0 Å². The molecule has 2 fully saturated rings. The Hall–Kier alpha value is -2.81. The standard InChI is InChI=1S/C31H42N3O4S/c32-23-25-8-12-27(13-9-25)37-18-4-1-5-19-38-28-14-10-26(11-15-28)30-29(22-24-6-2-3-7-24)39-31(34(30)35)33-16-20-36-21-17-33/h8-15,24,35H,1-7,16-23,32H2/q+1. The summed E-state index contributed by atoms with van der Waals surface area (Å²) in [5, 5.41) is 12.2. The van der Waals surface area contributed by atoms with E-state index in [-0.39, 0.29) is 0 Å². The third-order valence-electron chi connectivity index (χ3n) is 7.71. The molecule has 1 saturated heterocycles. The van der Waals surface area contributed by atoms with E-state index in [9.17, 15) is 5.21 Å². The number of aromatic nitrogens is 1. The number of rotatable bonds is 13. The summed E-state index contributed by atoms with van der Waals surface area (Å²) in [5.74, 6) is 2.46. The van der Waals surface area contributed by atoms with Crippen LogP contribution in [0.25, 0.3) is 11.3 Å². The highest BCUT2D eigenvalue weighted by molar-refractivity contribution is 7.15. The van der Waals surface area contributed by atoms with E-state index in [1.807, 2.05) is 36.4 Å². The quantitative estimate of drug-likeness (QED) is 0.163. The predicted molar refractivity (Wildman–Crippen MR) is 155 cm³/mol. The summed E-state index contributed by atoms with van der Waals surface area (Å²) in [6.07, 6.45) is 9.27. The normalized spacial score (nSPS) is 16.1. The van der Waals surface area contributed by atoms with Crippen LogP contribution in [0.15, 0.2) is 48.5 Å². The highest BCUT2D eigenvalue weighted by Crippen LogP contribution is 2.37. The summed E-state index contributed by atoms with van der Waals surface area (Å²) in [4.78, 5) is 3.52. The largest absolute Gasteiger partial charge is 0.494 e. The van der Waals surface area contributed by atoms with E-state index < -0.39 is 0 Å². The maximum Gasteiger partial charge on any atom is 0.376 e. The number of benzene rings is 2. The minimum Gasteiger partial charge on any atom is -0.494 e. The Morgan fingerprint density at radius 3 is 2.13 bits per heavy atom. The van der Waals surface area contributed by atoms with Crippen LogP contribution >= 0.6 is 11.3 Å². The van der Waals surface area contributed by atoms with Gasteiger partial charge in [-0.25, -0.2) is 4.90 Å². The Morgan fingerprint density at radius 1 is 0.897 bits per heavy atom. The molecule has 1 aliphatic heterocycles. The van der Waals surface area contributed by atoms with Crippen molar-refractivity contribution in [3.63, 3.8) is 0 Å². The van der Waals surface area contributed by atoms with Gasteiger partial charge in [-0.1, -0.05) is 37.8 Å². The number of nitrogens with two attached hydrogens (primary N) is 1. The van der Waals surface area contributed by atoms with Crippen molar-refractivity contribution in [2.75, 3.05) is 44.4 Å². The highest BCUT2D eigenvalue weighted by Gasteiger charge is 2.33. The monoisotopic (exact) mass is 552 g/mol. The second-order valence-corrected chi connectivity index (χ2v) is 11.6. The molecule has 1 aromatic heterocycles. The van der Waals surface area contributed by atoms with Gasteiger partial charge in [0.2, 0.25) is 0 Å². The zero-order chi connectivity index (χ0) is 26.9. The fraction of sp³-hybridized carbons (Fsp3) is 0.516. The van der Waals surface area contributed by atoms with Crippen molar-refractivity contribution in [1.29, 1.82) is 0 Å². The van der Waals surface area contributed by atoms with E-state index in [4.69, 9.17) is 19.9 Å². The lowest BCUT2D eigenvalue weighted by atomic mass is 10.0. The van der Waals surface area contributed by atoms with Crippen LogP contribution in [-0.2, 0) is 17.7 Å². The molecule has 2 heterocycles.